The monoisotopic (exact) mass is 324 g/mol. The molecule has 0 unspecified atom stereocenters. The minimum Gasteiger partial charge on any atom is -0.318 e. The molecule has 1 aliphatic rings. The van der Waals surface area contributed by atoms with E-state index in [1.807, 2.05) is 0 Å². The van der Waals surface area contributed by atoms with Crippen molar-refractivity contribution in [3.8, 4) is 0 Å². The summed E-state index contributed by atoms with van der Waals surface area (Å²) >= 11 is 0. The topological polar surface area (TPSA) is 46.3 Å². The van der Waals surface area contributed by atoms with Crippen molar-refractivity contribution in [2.24, 2.45) is 5.73 Å². The lowest BCUT2D eigenvalue weighted by molar-refractivity contribution is -0.137. The number of alkyl halides is 3. The van der Waals surface area contributed by atoms with E-state index in [4.69, 9.17) is 5.73 Å². The summed E-state index contributed by atoms with van der Waals surface area (Å²) in [5.41, 5.74) is 5.96. The molecule has 1 aliphatic heterocycles. The van der Waals surface area contributed by atoms with Gasteiger partial charge in [-0.05, 0) is 42.0 Å². The van der Waals surface area contributed by atoms with Crippen LogP contribution in [0.3, 0.4) is 0 Å². The van der Waals surface area contributed by atoms with Crippen LogP contribution >= 0.6 is 0 Å². The van der Waals surface area contributed by atoms with Crippen molar-refractivity contribution in [3.05, 3.63) is 65.5 Å². The molecule has 2 atom stereocenters. The summed E-state index contributed by atoms with van der Waals surface area (Å²) in [5.74, 6) is -0.807. The lowest BCUT2D eigenvalue weighted by Crippen LogP contribution is -2.63. The molecule has 0 radical (unpaired) electrons. The van der Waals surface area contributed by atoms with Gasteiger partial charge >= 0.3 is 6.18 Å². The molecule has 1 amide bonds. The predicted molar refractivity (Wildman–Crippen MR) is 76.0 cm³/mol. The van der Waals surface area contributed by atoms with E-state index in [9.17, 15) is 22.4 Å². The highest BCUT2D eigenvalue weighted by molar-refractivity contribution is 6.05. The van der Waals surface area contributed by atoms with Gasteiger partial charge in [0.05, 0.1) is 11.6 Å². The number of hydrogen-bond donors (Lipinski definition) is 1. The van der Waals surface area contributed by atoms with Crippen LogP contribution in [0.15, 0.2) is 48.5 Å². The van der Waals surface area contributed by atoms with Crippen molar-refractivity contribution in [3.63, 3.8) is 0 Å². The van der Waals surface area contributed by atoms with Crippen LogP contribution in [0.2, 0.25) is 0 Å². The van der Waals surface area contributed by atoms with Gasteiger partial charge in [-0.25, -0.2) is 4.39 Å². The predicted octanol–water partition coefficient (Wildman–Crippen LogP) is 3.26. The summed E-state index contributed by atoms with van der Waals surface area (Å²) in [5, 5.41) is 0. The third-order valence-corrected chi connectivity index (χ3v) is 3.83. The summed E-state index contributed by atoms with van der Waals surface area (Å²) in [6.07, 6.45) is -4.42. The number of hydrogen-bond acceptors (Lipinski definition) is 2. The van der Waals surface area contributed by atoms with Gasteiger partial charge in [0.1, 0.15) is 11.9 Å². The van der Waals surface area contributed by atoms with E-state index in [2.05, 4.69) is 0 Å². The Morgan fingerprint density at radius 3 is 2.04 bits per heavy atom. The van der Waals surface area contributed by atoms with Crippen LogP contribution in [0.4, 0.5) is 23.2 Å². The molecule has 1 fully saturated rings. The fourth-order valence-corrected chi connectivity index (χ4v) is 2.63. The summed E-state index contributed by atoms with van der Waals surface area (Å²) < 4.78 is 50.8. The number of nitrogens with two attached hydrogens (primary N) is 1. The van der Waals surface area contributed by atoms with Gasteiger partial charge < -0.3 is 10.6 Å². The zero-order valence-corrected chi connectivity index (χ0v) is 11.7. The molecule has 0 spiro atoms. The van der Waals surface area contributed by atoms with Crippen LogP contribution in [0.5, 0.6) is 0 Å². The normalized spacial score (nSPS) is 21.3. The van der Waals surface area contributed by atoms with E-state index in [1.54, 1.807) is 0 Å². The number of amides is 1. The Morgan fingerprint density at radius 1 is 0.957 bits per heavy atom. The first-order chi connectivity index (χ1) is 10.8. The van der Waals surface area contributed by atoms with Crippen molar-refractivity contribution in [1.82, 2.24) is 0 Å². The number of β-lactam (4-membered cyclic amide) rings is 1. The average molecular weight is 324 g/mol. The lowest BCUT2D eigenvalue weighted by Gasteiger charge is -2.45. The molecule has 23 heavy (non-hydrogen) atoms. The third-order valence-electron chi connectivity index (χ3n) is 3.83. The second-order valence-corrected chi connectivity index (χ2v) is 5.28. The quantitative estimate of drug-likeness (QED) is 0.681. The highest BCUT2D eigenvalue weighted by Gasteiger charge is 2.46. The maximum atomic E-state index is 13.0. The molecule has 2 aromatic carbocycles. The standard InChI is InChI=1S/C16H12F4N2O/c17-11-5-7-12(8-6-11)22-14(13(21)15(22)23)9-1-3-10(4-2-9)16(18,19)20/h1-8,13-14H,21H2/t13-,14-/m0/s1. The van der Waals surface area contributed by atoms with Crippen molar-refractivity contribution >= 4 is 11.6 Å². The minimum atomic E-state index is -4.42. The summed E-state index contributed by atoms with van der Waals surface area (Å²) in [4.78, 5) is 13.3. The molecule has 7 heteroatoms. The Balaban J connectivity index is 1.91. The largest absolute Gasteiger partial charge is 0.416 e. The Bertz CT molecular complexity index is 725. The van der Waals surface area contributed by atoms with E-state index in [1.165, 1.54) is 41.3 Å². The smallest absolute Gasteiger partial charge is 0.318 e. The molecule has 120 valence electrons. The zero-order chi connectivity index (χ0) is 16.8. The van der Waals surface area contributed by atoms with Crippen molar-refractivity contribution in [1.29, 1.82) is 0 Å². The lowest BCUT2D eigenvalue weighted by atomic mass is 9.88. The zero-order valence-electron chi connectivity index (χ0n) is 11.7. The Morgan fingerprint density at radius 2 is 1.52 bits per heavy atom. The van der Waals surface area contributed by atoms with Gasteiger partial charge in [-0.1, -0.05) is 12.1 Å². The second kappa shape index (κ2) is 5.34. The highest BCUT2D eigenvalue weighted by atomic mass is 19.4. The maximum Gasteiger partial charge on any atom is 0.416 e. The number of carbonyl (C=O) groups is 1. The first-order valence-electron chi connectivity index (χ1n) is 6.80. The summed E-state index contributed by atoms with van der Waals surface area (Å²) in [6, 6.07) is 8.36. The van der Waals surface area contributed by atoms with Crippen molar-refractivity contribution < 1.29 is 22.4 Å². The first kappa shape index (κ1) is 15.5. The number of halogens is 4. The summed E-state index contributed by atoms with van der Waals surface area (Å²) in [7, 11) is 0. The van der Waals surface area contributed by atoms with E-state index in [-0.39, 0.29) is 5.91 Å². The van der Waals surface area contributed by atoms with Gasteiger partial charge in [-0.2, -0.15) is 13.2 Å². The Kier molecular flexibility index (Phi) is 3.60. The fourth-order valence-electron chi connectivity index (χ4n) is 2.63. The molecule has 0 aliphatic carbocycles. The highest BCUT2D eigenvalue weighted by Crippen LogP contribution is 2.39. The van der Waals surface area contributed by atoms with Gasteiger partial charge in [0.15, 0.2) is 0 Å². The van der Waals surface area contributed by atoms with E-state index < -0.39 is 29.6 Å². The van der Waals surface area contributed by atoms with Gasteiger partial charge in [0, 0.05) is 5.69 Å². The molecule has 1 heterocycles. The number of rotatable bonds is 2. The van der Waals surface area contributed by atoms with E-state index in [0.717, 1.165) is 12.1 Å². The minimum absolute atomic E-state index is 0.360. The third kappa shape index (κ3) is 2.68. The number of anilines is 1. The molecular weight excluding hydrogens is 312 g/mol. The first-order valence-corrected chi connectivity index (χ1v) is 6.80. The van der Waals surface area contributed by atoms with Crippen LogP contribution in [0.25, 0.3) is 0 Å². The molecular formula is C16H12F4N2O. The molecule has 0 bridgehead atoms. The average Bonchev–Trinajstić information content (AvgIpc) is 2.52. The molecule has 2 N–H and O–H groups in total. The molecule has 3 nitrogen and oxygen atoms in total. The second-order valence-electron chi connectivity index (χ2n) is 5.28. The van der Waals surface area contributed by atoms with Gasteiger partial charge in [-0.15, -0.1) is 0 Å². The van der Waals surface area contributed by atoms with Crippen molar-refractivity contribution in [2.75, 3.05) is 4.90 Å². The van der Waals surface area contributed by atoms with Gasteiger partial charge in [0.25, 0.3) is 0 Å². The molecule has 0 aromatic heterocycles. The summed E-state index contributed by atoms with van der Waals surface area (Å²) in [6.45, 7) is 0. The Hall–Kier alpha value is -2.41. The van der Waals surface area contributed by atoms with Crippen LogP contribution in [-0.2, 0) is 11.0 Å². The van der Waals surface area contributed by atoms with Crippen LogP contribution in [0, 0.1) is 5.82 Å². The molecule has 3 rings (SSSR count). The SMILES string of the molecule is N[C@@H]1C(=O)N(c2ccc(F)cc2)[C@H]1c1ccc(C(F)(F)F)cc1. The number of benzene rings is 2. The number of nitrogens with zero attached hydrogens (tertiary/aromatic N) is 1. The fraction of sp³-hybridized carbons (Fsp3) is 0.188. The Labute approximate surface area is 129 Å². The molecule has 0 saturated carbocycles. The van der Waals surface area contributed by atoms with Crippen LogP contribution in [0.1, 0.15) is 17.2 Å². The molecule has 1 saturated heterocycles. The maximum absolute atomic E-state index is 13.0. The van der Waals surface area contributed by atoms with Gasteiger partial charge in [0.2, 0.25) is 5.91 Å². The molecule has 2 aromatic rings. The van der Waals surface area contributed by atoms with Crippen LogP contribution < -0.4 is 10.6 Å². The van der Waals surface area contributed by atoms with Crippen LogP contribution in [-0.4, -0.2) is 11.9 Å². The van der Waals surface area contributed by atoms with E-state index in [0.29, 0.717) is 11.3 Å². The van der Waals surface area contributed by atoms with Gasteiger partial charge in [-0.3, -0.25) is 4.79 Å². The number of carbonyl (C=O) groups excluding carboxylic acids is 1. The van der Waals surface area contributed by atoms with E-state index >= 15 is 0 Å². The van der Waals surface area contributed by atoms with Crippen molar-refractivity contribution in [2.45, 2.75) is 18.3 Å².